The Labute approximate surface area is 213 Å². The van der Waals surface area contributed by atoms with Crippen LogP contribution in [-0.2, 0) is 9.59 Å². The lowest BCUT2D eigenvalue weighted by Crippen LogP contribution is -2.38. The number of hydrogen-bond donors (Lipinski definition) is 0. The van der Waals surface area contributed by atoms with Crippen LogP contribution in [0.4, 0.5) is 13.2 Å². The van der Waals surface area contributed by atoms with Gasteiger partial charge in [-0.1, -0.05) is 42.5 Å². The van der Waals surface area contributed by atoms with Gasteiger partial charge in [0, 0.05) is 35.9 Å². The van der Waals surface area contributed by atoms with E-state index in [0.717, 1.165) is 23.6 Å². The molecule has 5 rings (SSSR count). The van der Waals surface area contributed by atoms with Crippen molar-refractivity contribution in [3.05, 3.63) is 101 Å². The number of pyridine rings is 1. The summed E-state index contributed by atoms with van der Waals surface area (Å²) in [5.41, 5.74) is 2.63. The smallest absolute Gasteiger partial charge is 0.313 e. The Hall–Kier alpha value is -3.94. The Morgan fingerprint density at radius 2 is 1.78 bits per heavy atom. The van der Waals surface area contributed by atoms with E-state index in [1.54, 1.807) is 37.5 Å². The molecule has 2 aliphatic carbocycles. The topological polar surface area (TPSA) is 53.5 Å². The summed E-state index contributed by atoms with van der Waals surface area (Å²) in [7, 11) is 0. The van der Waals surface area contributed by atoms with Crippen molar-refractivity contribution in [2.45, 2.75) is 44.7 Å². The van der Waals surface area contributed by atoms with Crippen molar-refractivity contribution in [1.82, 2.24) is 14.8 Å². The molecule has 2 amide bonds. The molecule has 0 radical (unpaired) electrons. The van der Waals surface area contributed by atoms with E-state index in [9.17, 15) is 22.8 Å². The molecule has 0 fully saturated rings. The third-order valence-electron chi connectivity index (χ3n) is 6.94. The Kier molecular flexibility index (Phi) is 6.58. The lowest BCUT2D eigenvalue weighted by atomic mass is 9.93. The van der Waals surface area contributed by atoms with E-state index in [1.165, 1.54) is 9.80 Å². The second kappa shape index (κ2) is 9.84. The summed E-state index contributed by atoms with van der Waals surface area (Å²) in [4.78, 5) is 34.9. The number of hydrogen-bond acceptors (Lipinski definition) is 3. The number of rotatable bonds is 4. The number of likely N-dealkylation sites (N-methyl/N-ethyl adjacent to an activating group) is 1. The van der Waals surface area contributed by atoms with Gasteiger partial charge in [0.2, 0.25) is 11.8 Å². The van der Waals surface area contributed by atoms with Crippen molar-refractivity contribution in [2.24, 2.45) is 0 Å². The molecule has 190 valence electrons. The van der Waals surface area contributed by atoms with Gasteiger partial charge in [-0.15, -0.1) is 0 Å². The highest BCUT2D eigenvalue weighted by molar-refractivity contribution is 6.08. The van der Waals surface area contributed by atoms with Gasteiger partial charge in [0.1, 0.15) is 5.92 Å². The molecule has 37 heavy (non-hydrogen) atoms. The number of carbonyl (C=O) groups excluding carboxylic acids is 2. The number of allylic oxidation sites excluding steroid dienone is 6. The molecule has 8 heteroatoms. The van der Waals surface area contributed by atoms with Crippen LogP contribution >= 0.6 is 0 Å². The van der Waals surface area contributed by atoms with Crippen LogP contribution in [0, 0.1) is 0 Å². The minimum absolute atomic E-state index is 0.0215. The van der Waals surface area contributed by atoms with Crippen molar-refractivity contribution in [3.63, 3.8) is 0 Å². The first-order valence-corrected chi connectivity index (χ1v) is 12.3. The van der Waals surface area contributed by atoms with E-state index in [4.69, 9.17) is 0 Å². The Morgan fingerprint density at radius 1 is 1.00 bits per heavy atom. The molecular weight excluding hydrogens is 479 g/mol. The quantitative estimate of drug-likeness (QED) is 0.462. The molecule has 1 aromatic carbocycles. The van der Waals surface area contributed by atoms with Gasteiger partial charge in [0.15, 0.2) is 0 Å². The molecule has 0 spiro atoms. The molecule has 3 aliphatic rings. The lowest BCUT2D eigenvalue weighted by molar-refractivity contribution is -0.138. The van der Waals surface area contributed by atoms with Gasteiger partial charge in [-0.3, -0.25) is 19.5 Å². The first-order chi connectivity index (χ1) is 17.8. The number of carbonyl (C=O) groups is 2. The molecule has 1 aliphatic heterocycles. The van der Waals surface area contributed by atoms with Gasteiger partial charge in [-0.05, 0) is 67.5 Å². The minimum Gasteiger partial charge on any atom is -0.313 e. The molecule has 1 unspecified atom stereocenters. The zero-order chi connectivity index (χ0) is 26.2. The molecular formula is C29H26F3N3O2. The first kappa shape index (κ1) is 24.7. The van der Waals surface area contributed by atoms with Crippen molar-refractivity contribution < 1.29 is 22.8 Å². The van der Waals surface area contributed by atoms with Crippen molar-refractivity contribution in [1.29, 1.82) is 0 Å². The molecule has 1 aromatic heterocycles. The fourth-order valence-corrected chi connectivity index (χ4v) is 5.10. The number of aromatic nitrogens is 1. The summed E-state index contributed by atoms with van der Waals surface area (Å²) in [6.07, 6.45) is 6.62. The first-order valence-electron chi connectivity index (χ1n) is 12.3. The molecule has 0 N–H and O–H groups in total. The van der Waals surface area contributed by atoms with Crippen LogP contribution in [0.15, 0.2) is 95.8 Å². The predicted octanol–water partition coefficient (Wildman–Crippen LogP) is 6.25. The van der Waals surface area contributed by atoms with E-state index < -0.39 is 29.5 Å². The highest BCUT2D eigenvalue weighted by atomic mass is 19.4. The zero-order valence-corrected chi connectivity index (χ0v) is 20.3. The lowest BCUT2D eigenvalue weighted by Gasteiger charge is -2.32. The van der Waals surface area contributed by atoms with E-state index in [0.29, 0.717) is 23.4 Å². The van der Waals surface area contributed by atoms with Gasteiger partial charge in [0.05, 0.1) is 5.70 Å². The summed E-state index contributed by atoms with van der Waals surface area (Å²) < 4.78 is 41.2. The average molecular weight is 506 g/mol. The predicted molar refractivity (Wildman–Crippen MR) is 134 cm³/mol. The summed E-state index contributed by atoms with van der Waals surface area (Å²) in [6, 6.07) is 10.9. The molecule has 2 aromatic rings. The van der Waals surface area contributed by atoms with Crippen LogP contribution in [0.1, 0.15) is 44.1 Å². The SMILES string of the molecule is CCN1C(=O)C(c2ccc(-c3cccnc3)cc2)C(=O)N(C2=CCCC=C2)C2=C1CCC(C(F)(F)F)=C2. The third kappa shape index (κ3) is 4.63. The van der Waals surface area contributed by atoms with E-state index >= 15 is 0 Å². The van der Waals surface area contributed by atoms with Crippen molar-refractivity contribution >= 4 is 11.8 Å². The largest absolute Gasteiger partial charge is 0.412 e. The van der Waals surface area contributed by atoms with Gasteiger partial charge in [0.25, 0.3) is 0 Å². The van der Waals surface area contributed by atoms with E-state index in [1.807, 2.05) is 36.4 Å². The van der Waals surface area contributed by atoms with Crippen LogP contribution in [0.2, 0.25) is 0 Å². The van der Waals surface area contributed by atoms with Crippen molar-refractivity contribution in [2.75, 3.05) is 6.54 Å². The third-order valence-corrected chi connectivity index (χ3v) is 6.94. The zero-order valence-electron chi connectivity index (χ0n) is 20.3. The maximum absolute atomic E-state index is 14.1. The van der Waals surface area contributed by atoms with Gasteiger partial charge < -0.3 is 4.90 Å². The number of nitrogens with zero attached hydrogens (tertiary/aromatic N) is 3. The number of halogens is 3. The van der Waals surface area contributed by atoms with Crippen molar-refractivity contribution in [3.8, 4) is 11.1 Å². The van der Waals surface area contributed by atoms with Crippen LogP contribution in [0.3, 0.4) is 0 Å². The molecule has 0 bridgehead atoms. The Morgan fingerprint density at radius 3 is 2.41 bits per heavy atom. The Balaban J connectivity index is 1.63. The average Bonchev–Trinajstić information content (AvgIpc) is 3.00. The van der Waals surface area contributed by atoms with Crippen LogP contribution in [0.5, 0.6) is 0 Å². The second-order valence-electron chi connectivity index (χ2n) is 9.16. The standard InChI is InChI=1S/C29H26F3N3O2/c1-2-34-24-15-14-22(29(30,31)32)17-25(24)35(23-8-4-3-5-9-23)28(37)26(27(34)36)20-12-10-19(11-13-20)21-7-6-16-33-18-21/h4,6-13,16-18,26H,2-3,5,14-15H2,1H3. The summed E-state index contributed by atoms with van der Waals surface area (Å²) in [5.74, 6) is -2.17. The monoisotopic (exact) mass is 505 g/mol. The summed E-state index contributed by atoms with van der Waals surface area (Å²) >= 11 is 0. The maximum Gasteiger partial charge on any atom is 0.412 e. The molecule has 5 nitrogen and oxygen atoms in total. The number of benzene rings is 1. The highest BCUT2D eigenvalue weighted by Gasteiger charge is 2.45. The van der Waals surface area contributed by atoms with Crippen LogP contribution in [-0.4, -0.2) is 39.3 Å². The number of amides is 2. The molecule has 2 heterocycles. The van der Waals surface area contributed by atoms with Crippen LogP contribution < -0.4 is 0 Å². The summed E-state index contributed by atoms with van der Waals surface area (Å²) in [5, 5.41) is 0. The normalized spacial score (nSPS) is 20.5. The van der Waals surface area contributed by atoms with E-state index in [2.05, 4.69) is 4.98 Å². The Bertz CT molecular complexity index is 1340. The van der Waals surface area contributed by atoms with Gasteiger partial charge in [-0.25, -0.2) is 0 Å². The molecule has 0 saturated heterocycles. The minimum atomic E-state index is -4.51. The van der Waals surface area contributed by atoms with Crippen LogP contribution in [0.25, 0.3) is 11.1 Å². The highest BCUT2D eigenvalue weighted by Crippen LogP contribution is 2.42. The number of alkyl halides is 3. The van der Waals surface area contributed by atoms with Gasteiger partial charge in [-0.2, -0.15) is 13.2 Å². The summed E-state index contributed by atoms with van der Waals surface area (Å²) in [6.45, 7) is 2.01. The molecule has 1 atom stereocenters. The fraction of sp³-hybridized carbons (Fsp3) is 0.276. The maximum atomic E-state index is 14.1. The van der Waals surface area contributed by atoms with E-state index in [-0.39, 0.29) is 25.1 Å². The fourth-order valence-electron chi connectivity index (χ4n) is 5.10. The molecule has 0 saturated carbocycles. The van der Waals surface area contributed by atoms with Gasteiger partial charge >= 0.3 is 6.18 Å². The second-order valence-corrected chi connectivity index (χ2v) is 9.16.